The molecule has 13 heteroatoms. The van der Waals surface area contributed by atoms with E-state index in [1.165, 1.54) is 12.1 Å². The van der Waals surface area contributed by atoms with Crippen LogP contribution in [-0.2, 0) is 28.9 Å². The first-order chi connectivity index (χ1) is 31.6. The molecule has 2 amide bonds. The van der Waals surface area contributed by atoms with Gasteiger partial charge in [0.15, 0.2) is 0 Å². The SMILES string of the molecule is C=CNC/C=C(\Nc1ccc(C(=C)NC(Cc2ccc(O)cc2)C(=O)N2CCCC2C(=O)NC2Cc3cn(c4ccccc34)C(=N)C2Cc2ccccc2)cc1)c1cccc([N+](=O)[O-])c1. The van der Waals surface area contributed by atoms with Crippen molar-refractivity contribution in [3.8, 4) is 5.75 Å². The van der Waals surface area contributed by atoms with Crippen molar-refractivity contribution in [1.82, 2.24) is 25.4 Å². The highest BCUT2D eigenvalue weighted by molar-refractivity contribution is 5.99. The molecule has 4 unspecified atom stereocenters. The van der Waals surface area contributed by atoms with Gasteiger partial charge in [0, 0.05) is 77.8 Å². The van der Waals surface area contributed by atoms with Crippen molar-refractivity contribution in [2.45, 2.75) is 50.2 Å². The zero-order valence-corrected chi connectivity index (χ0v) is 36.0. The van der Waals surface area contributed by atoms with Crippen LogP contribution in [0.15, 0.2) is 159 Å². The first-order valence-electron chi connectivity index (χ1n) is 21.8. The fourth-order valence-corrected chi connectivity index (χ4v) is 8.95. The zero-order chi connectivity index (χ0) is 45.5. The number of para-hydroxylation sites is 1. The van der Waals surface area contributed by atoms with Crippen molar-refractivity contribution in [3.63, 3.8) is 0 Å². The Morgan fingerprint density at radius 3 is 2.43 bits per heavy atom. The molecular formula is C52H52N8O5. The topological polar surface area (TPSA) is 178 Å². The van der Waals surface area contributed by atoms with Crippen LogP contribution in [0.4, 0.5) is 11.4 Å². The minimum absolute atomic E-state index is 0.0234. The fourth-order valence-electron chi connectivity index (χ4n) is 8.95. The molecule has 6 N–H and O–H groups in total. The number of nitrogens with zero attached hydrogens (tertiary/aromatic N) is 3. The predicted molar refractivity (Wildman–Crippen MR) is 256 cm³/mol. The number of benzene rings is 5. The highest BCUT2D eigenvalue weighted by Crippen LogP contribution is 2.32. The van der Waals surface area contributed by atoms with Gasteiger partial charge >= 0.3 is 0 Å². The third-order valence-electron chi connectivity index (χ3n) is 12.3. The Labute approximate surface area is 377 Å². The zero-order valence-electron chi connectivity index (χ0n) is 36.0. The third-order valence-corrected chi connectivity index (χ3v) is 12.3. The molecule has 2 aliphatic rings. The van der Waals surface area contributed by atoms with Gasteiger partial charge in [-0.1, -0.05) is 98.1 Å². The summed E-state index contributed by atoms with van der Waals surface area (Å²) in [5.41, 5.74) is 7.14. The lowest BCUT2D eigenvalue weighted by molar-refractivity contribution is -0.384. The number of carbonyl (C=O) groups is 2. The number of carbonyl (C=O) groups excluding carboxylic acids is 2. The maximum absolute atomic E-state index is 14.8. The quantitative estimate of drug-likeness (QED) is 0.0303. The molecule has 65 heavy (non-hydrogen) atoms. The van der Waals surface area contributed by atoms with Crippen LogP contribution in [0.1, 0.15) is 40.7 Å². The summed E-state index contributed by atoms with van der Waals surface area (Å²) < 4.78 is 1.95. The van der Waals surface area contributed by atoms with Crippen LogP contribution in [-0.4, -0.2) is 68.4 Å². The number of nitro benzene ring substituents is 1. The van der Waals surface area contributed by atoms with Crippen LogP contribution in [0.25, 0.3) is 22.3 Å². The van der Waals surface area contributed by atoms with Gasteiger partial charge in [0.25, 0.3) is 5.69 Å². The average Bonchev–Trinajstić information content (AvgIpc) is 3.94. The molecule has 0 aliphatic carbocycles. The summed E-state index contributed by atoms with van der Waals surface area (Å²) in [7, 11) is 0. The molecule has 13 nitrogen and oxygen atoms in total. The smallest absolute Gasteiger partial charge is 0.270 e. The molecule has 1 saturated heterocycles. The number of likely N-dealkylation sites (tertiary alicyclic amines) is 1. The molecule has 1 aromatic heterocycles. The van der Waals surface area contributed by atoms with Crippen LogP contribution >= 0.6 is 0 Å². The van der Waals surface area contributed by atoms with E-state index in [-0.39, 0.29) is 41.6 Å². The second kappa shape index (κ2) is 19.6. The summed E-state index contributed by atoms with van der Waals surface area (Å²) in [4.78, 5) is 42.1. The first-order valence-corrected chi connectivity index (χ1v) is 21.8. The van der Waals surface area contributed by atoms with Crippen LogP contribution in [0.3, 0.4) is 0 Å². The van der Waals surface area contributed by atoms with Crippen LogP contribution in [0, 0.1) is 21.4 Å². The van der Waals surface area contributed by atoms with Gasteiger partial charge in [0.05, 0.1) is 10.4 Å². The largest absolute Gasteiger partial charge is 0.508 e. The average molecular weight is 869 g/mol. The van der Waals surface area contributed by atoms with Gasteiger partial charge in [-0.15, -0.1) is 0 Å². The molecule has 0 saturated carbocycles. The molecular weight excluding hydrogens is 817 g/mol. The van der Waals surface area contributed by atoms with Crippen LogP contribution in [0.5, 0.6) is 5.75 Å². The molecule has 6 aromatic rings. The van der Waals surface area contributed by atoms with E-state index in [1.54, 1.807) is 47.5 Å². The molecule has 2 bridgehead atoms. The van der Waals surface area contributed by atoms with E-state index in [4.69, 9.17) is 0 Å². The third kappa shape index (κ3) is 9.99. The standard InChI is InChI=1S/C52H52N8O5/c1-3-54-27-26-45(38-13-9-14-41(31-38)60(64)65)56-40-22-20-37(21-23-40)34(2)55-47(30-36-18-24-42(61)25-19-36)52(63)58-28-10-17-49(58)51(62)57-46-32-39-33-59(48-16-8-7-15-43(39)48)50(53)44(46)29-35-11-5-4-6-12-35/h3-9,11-16,18-26,31,33,44,46-47,49,53-56,61H,1-2,10,17,27-30,32H2,(H,57,62)/b45-26-,53-50?. The van der Waals surface area contributed by atoms with E-state index in [2.05, 4.69) is 40.5 Å². The van der Waals surface area contributed by atoms with E-state index < -0.39 is 17.0 Å². The number of nitro groups is 1. The molecule has 8 rings (SSSR count). The van der Waals surface area contributed by atoms with E-state index in [0.717, 1.165) is 38.8 Å². The lowest BCUT2D eigenvalue weighted by Gasteiger charge is -2.33. The summed E-state index contributed by atoms with van der Waals surface area (Å²) in [5.74, 6) is -0.275. The fraction of sp³-hybridized carbons (Fsp3) is 0.212. The number of phenols is 1. The number of fused-ring (bicyclic) bond motifs is 5. The van der Waals surface area contributed by atoms with Gasteiger partial charge in [-0.05, 0) is 90.5 Å². The minimum atomic E-state index is -0.805. The first kappa shape index (κ1) is 43.7. The van der Waals surface area contributed by atoms with Gasteiger partial charge in [-0.25, -0.2) is 0 Å². The Hall–Kier alpha value is -7.93. The number of aromatic hydroxyl groups is 1. The van der Waals surface area contributed by atoms with E-state index in [9.17, 15) is 30.2 Å². The molecule has 2 aliphatic heterocycles. The summed E-state index contributed by atoms with van der Waals surface area (Å²) >= 11 is 0. The monoisotopic (exact) mass is 868 g/mol. The molecule has 0 radical (unpaired) electrons. The summed E-state index contributed by atoms with van der Waals surface area (Å²) in [6, 6.07) is 36.8. The van der Waals surface area contributed by atoms with Crippen LogP contribution in [0.2, 0.25) is 0 Å². The van der Waals surface area contributed by atoms with Gasteiger partial charge in [0.1, 0.15) is 23.7 Å². The van der Waals surface area contributed by atoms with Crippen molar-refractivity contribution in [2.24, 2.45) is 5.92 Å². The molecule has 4 atom stereocenters. The van der Waals surface area contributed by atoms with Crippen LogP contribution < -0.4 is 21.3 Å². The Bertz CT molecular complexity index is 2760. The number of hydrogen-bond donors (Lipinski definition) is 6. The van der Waals surface area contributed by atoms with Crippen molar-refractivity contribution in [3.05, 3.63) is 197 Å². The van der Waals surface area contributed by atoms with Gasteiger partial charge in [-0.2, -0.15) is 0 Å². The Balaban J connectivity index is 1.01. The van der Waals surface area contributed by atoms with E-state index in [1.807, 2.05) is 89.6 Å². The number of anilines is 1. The van der Waals surface area contributed by atoms with Gasteiger partial charge in [0.2, 0.25) is 11.8 Å². The maximum Gasteiger partial charge on any atom is 0.270 e. The van der Waals surface area contributed by atoms with Gasteiger partial charge in [-0.3, -0.25) is 25.1 Å². The molecule has 0 spiro atoms. The summed E-state index contributed by atoms with van der Waals surface area (Å²) in [6.45, 7) is 8.86. The Morgan fingerprint density at radius 2 is 1.68 bits per heavy atom. The maximum atomic E-state index is 14.8. The van der Waals surface area contributed by atoms with Gasteiger partial charge < -0.3 is 35.8 Å². The molecule has 3 heterocycles. The lowest BCUT2D eigenvalue weighted by atomic mass is 9.86. The highest BCUT2D eigenvalue weighted by atomic mass is 16.6. The lowest BCUT2D eigenvalue weighted by Crippen LogP contribution is -2.55. The number of aromatic nitrogens is 1. The second-order valence-electron chi connectivity index (χ2n) is 16.5. The Kier molecular flexibility index (Phi) is 13.2. The number of rotatable bonds is 17. The van der Waals surface area contributed by atoms with E-state index >= 15 is 0 Å². The van der Waals surface area contributed by atoms with E-state index in [0.29, 0.717) is 61.6 Å². The minimum Gasteiger partial charge on any atom is -0.508 e. The Morgan fingerprint density at radius 1 is 0.923 bits per heavy atom. The number of non-ortho nitro benzene ring substituents is 1. The second-order valence-corrected chi connectivity index (χ2v) is 16.5. The number of amides is 2. The predicted octanol–water partition coefficient (Wildman–Crippen LogP) is 8.03. The highest BCUT2D eigenvalue weighted by Gasteiger charge is 2.40. The van der Waals surface area contributed by atoms with Crippen molar-refractivity contribution in [2.75, 3.05) is 18.4 Å². The summed E-state index contributed by atoms with van der Waals surface area (Å²) in [5, 5.41) is 45.3. The molecule has 5 aromatic carbocycles. The van der Waals surface area contributed by atoms with Crippen molar-refractivity contribution in [1.29, 1.82) is 5.41 Å². The molecule has 330 valence electrons. The number of hydrogen-bond acceptors (Lipinski definition) is 9. The van der Waals surface area contributed by atoms with Crippen molar-refractivity contribution >= 4 is 51.3 Å². The summed E-state index contributed by atoms with van der Waals surface area (Å²) in [6.07, 6.45) is 8.00. The number of phenolic OH excluding ortho intramolecular Hbond substituents is 1. The normalized spacial score (nSPS) is 17.5. The number of nitrogens with one attached hydrogen (secondary N) is 5. The van der Waals surface area contributed by atoms with Crippen molar-refractivity contribution < 1.29 is 19.6 Å². The molecule has 1 fully saturated rings.